The van der Waals surface area contributed by atoms with Crippen LogP contribution in [0.2, 0.25) is 0 Å². The third-order valence-corrected chi connectivity index (χ3v) is 6.48. The smallest absolute Gasteiger partial charge is 0.410 e. The highest BCUT2D eigenvalue weighted by atomic mass is 16.6. The number of ether oxygens (including phenoxy) is 2. The third-order valence-electron chi connectivity index (χ3n) is 6.48. The lowest BCUT2D eigenvalue weighted by Gasteiger charge is -2.42. The van der Waals surface area contributed by atoms with Crippen LogP contribution in [0.3, 0.4) is 0 Å². The summed E-state index contributed by atoms with van der Waals surface area (Å²) in [6.07, 6.45) is 4.19. The van der Waals surface area contributed by atoms with Crippen molar-refractivity contribution in [3.63, 3.8) is 0 Å². The molecule has 148 valence electrons. The standard InChI is InChI=1S/C18H28N2O4.C2H6/c1-3-23-17(21)16-14-9-19(10-15(14)16)13-7-11-5-6-12(8-13)20(11)18(22)24-4-2;1-2/h11-16H,3-10H2,1-2H3;1-2H3. The molecule has 26 heavy (non-hydrogen) atoms. The van der Waals surface area contributed by atoms with E-state index in [2.05, 4.69) is 4.90 Å². The first-order valence-electron chi connectivity index (χ1n) is 10.5. The molecule has 4 rings (SSSR count). The van der Waals surface area contributed by atoms with Crippen LogP contribution in [0.25, 0.3) is 0 Å². The van der Waals surface area contributed by atoms with Gasteiger partial charge < -0.3 is 14.4 Å². The monoisotopic (exact) mass is 366 g/mol. The SMILES string of the molecule is CC.CCOC(=O)C1C2CN(C3CC4CCC(C3)N4C(=O)OCC)CC21. The molecule has 0 aromatic carbocycles. The van der Waals surface area contributed by atoms with Crippen molar-refractivity contribution in [1.29, 1.82) is 0 Å². The van der Waals surface area contributed by atoms with Crippen LogP contribution in [0.1, 0.15) is 53.4 Å². The fourth-order valence-electron chi connectivity index (χ4n) is 5.39. The second kappa shape index (κ2) is 8.15. The maximum absolute atomic E-state index is 12.2. The molecule has 1 saturated carbocycles. The molecule has 6 heteroatoms. The summed E-state index contributed by atoms with van der Waals surface area (Å²) in [5.41, 5.74) is 0. The lowest BCUT2D eigenvalue weighted by atomic mass is 9.96. The first kappa shape index (κ1) is 19.5. The molecule has 0 radical (unpaired) electrons. The molecule has 4 fully saturated rings. The van der Waals surface area contributed by atoms with Crippen LogP contribution in [0.5, 0.6) is 0 Å². The van der Waals surface area contributed by atoms with Crippen molar-refractivity contribution in [3.8, 4) is 0 Å². The van der Waals surface area contributed by atoms with Gasteiger partial charge in [-0.3, -0.25) is 9.69 Å². The third kappa shape index (κ3) is 3.45. The molecule has 3 aliphatic heterocycles. The van der Waals surface area contributed by atoms with Gasteiger partial charge in [-0.25, -0.2) is 4.79 Å². The summed E-state index contributed by atoms with van der Waals surface area (Å²) in [7, 11) is 0. The Labute approximate surface area is 157 Å². The minimum Gasteiger partial charge on any atom is -0.466 e. The van der Waals surface area contributed by atoms with Gasteiger partial charge in [-0.15, -0.1) is 0 Å². The number of hydrogen-bond acceptors (Lipinski definition) is 5. The second-order valence-corrected chi connectivity index (χ2v) is 7.68. The number of rotatable bonds is 4. The Morgan fingerprint density at radius 3 is 1.92 bits per heavy atom. The van der Waals surface area contributed by atoms with Crippen LogP contribution in [0.4, 0.5) is 4.79 Å². The summed E-state index contributed by atoms with van der Waals surface area (Å²) >= 11 is 0. The number of esters is 1. The molecule has 1 amide bonds. The normalized spacial score (nSPS) is 37.5. The van der Waals surface area contributed by atoms with E-state index in [-0.39, 0.29) is 18.0 Å². The number of carbonyl (C=O) groups is 2. The van der Waals surface area contributed by atoms with E-state index in [4.69, 9.17) is 9.47 Å². The van der Waals surface area contributed by atoms with Gasteiger partial charge >= 0.3 is 12.1 Å². The van der Waals surface area contributed by atoms with Crippen molar-refractivity contribution < 1.29 is 19.1 Å². The topological polar surface area (TPSA) is 59.1 Å². The van der Waals surface area contributed by atoms with Crippen molar-refractivity contribution in [2.75, 3.05) is 26.3 Å². The number of hydrogen-bond donors (Lipinski definition) is 0. The summed E-state index contributed by atoms with van der Waals surface area (Å²) in [6, 6.07) is 1.24. The van der Waals surface area contributed by atoms with E-state index in [1.54, 1.807) is 0 Å². The van der Waals surface area contributed by atoms with Crippen molar-refractivity contribution in [2.24, 2.45) is 17.8 Å². The fraction of sp³-hybridized carbons (Fsp3) is 0.900. The Morgan fingerprint density at radius 1 is 0.885 bits per heavy atom. The van der Waals surface area contributed by atoms with Crippen LogP contribution in [0.15, 0.2) is 0 Å². The number of likely N-dealkylation sites (tertiary alicyclic amines) is 1. The van der Waals surface area contributed by atoms with Gasteiger partial charge in [-0.1, -0.05) is 13.8 Å². The van der Waals surface area contributed by atoms with Crippen LogP contribution >= 0.6 is 0 Å². The maximum atomic E-state index is 12.2. The van der Waals surface area contributed by atoms with Crippen LogP contribution in [-0.2, 0) is 14.3 Å². The van der Waals surface area contributed by atoms with E-state index in [1.807, 2.05) is 32.6 Å². The zero-order valence-corrected chi connectivity index (χ0v) is 16.6. The quantitative estimate of drug-likeness (QED) is 0.716. The number of carbonyl (C=O) groups excluding carboxylic acids is 2. The summed E-state index contributed by atoms with van der Waals surface area (Å²) in [5, 5.41) is 0. The van der Waals surface area contributed by atoms with Crippen molar-refractivity contribution in [2.45, 2.75) is 71.5 Å². The Bertz CT molecular complexity index is 500. The molecule has 4 atom stereocenters. The minimum atomic E-state index is -0.130. The van der Waals surface area contributed by atoms with Gasteiger partial charge in [0.15, 0.2) is 0 Å². The van der Waals surface area contributed by atoms with E-state index < -0.39 is 0 Å². The maximum Gasteiger partial charge on any atom is 0.410 e. The predicted octanol–water partition coefficient (Wildman–Crippen LogP) is 2.91. The average molecular weight is 367 g/mol. The molecule has 3 saturated heterocycles. The predicted molar refractivity (Wildman–Crippen MR) is 98.7 cm³/mol. The molecule has 4 unspecified atom stereocenters. The molecule has 1 aliphatic carbocycles. The van der Waals surface area contributed by atoms with Crippen molar-refractivity contribution in [3.05, 3.63) is 0 Å². The molecule has 2 bridgehead atoms. The van der Waals surface area contributed by atoms with E-state index in [1.165, 1.54) is 0 Å². The zero-order chi connectivity index (χ0) is 18.8. The highest BCUT2D eigenvalue weighted by Gasteiger charge is 2.61. The van der Waals surface area contributed by atoms with Crippen molar-refractivity contribution in [1.82, 2.24) is 9.80 Å². The molecule has 3 heterocycles. The summed E-state index contributed by atoms with van der Waals surface area (Å²) in [6.45, 7) is 10.7. The first-order chi connectivity index (χ1) is 12.6. The van der Waals surface area contributed by atoms with Crippen LogP contribution < -0.4 is 0 Å². The Balaban J connectivity index is 0.000000948. The van der Waals surface area contributed by atoms with Gasteiger partial charge in [0, 0.05) is 31.2 Å². The number of amides is 1. The highest BCUT2D eigenvalue weighted by molar-refractivity contribution is 5.77. The van der Waals surface area contributed by atoms with Gasteiger partial charge in [0.1, 0.15) is 0 Å². The van der Waals surface area contributed by atoms with Gasteiger partial charge in [0.2, 0.25) is 0 Å². The Morgan fingerprint density at radius 2 is 1.42 bits per heavy atom. The van der Waals surface area contributed by atoms with Crippen molar-refractivity contribution >= 4 is 12.1 Å². The molecule has 4 aliphatic rings. The van der Waals surface area contributed by atoms with Gasteiger partial charge in [-0.05, 0) is 51.4 Å². The van der Waals surface area contributed by atoms with E-state index in [0.29, 0.717) is 43.2 Å². The van der Waals surface area contributed by atoms with Crippen LogP contribution in [0, 0.1) is 17.8 Å². The second-order valence-electron chi connectivity index (χ2n) is 7.68. The summed E-state index contributed by atoms with van der Waals surface area (Å²) < 4.78 is 10.4. The first-order valence-corrected chi connectivity index (χ1v) is 10.5. The molecule has 0 aromatic heterocycles. The molecule has 0 spiro atoms. The fourth-order valence-corrected chi connectivity index (χ4v) is 5.39. The molecular weight excluding hydrogens is 332 g/mol. The minimum absolute atomic E-state index is 0.00403. The lowest BCUT2D eigenvalue weighted by molar-refractivity contribution is -0.145. The number of piperidine rings is 2. The van der Waals surface area contributed by atoms with E-state index >= 15 is 0 Å². The highest BCUT2D eigenvalue weighted by Crippen LogP contribution is 2.54. The number of fused-ring (bicyclic) bond motifs is 3. The average Bonchev–Trinajstić information content (AvgIpc) is 3.01. The Hall–Kier alpha value is -1.30. The Kier molecular flexibility index (Phi) is 6.10. The molecule has 0 aromatic rings. The van der Waals surface area contributed by atoms with Gasteiger partial charge in [0.25, 0.3) is 0 Å². The van der Waals surface area contributed by atoms with E-state index in [0.717, 1.165) is 38.8 Å². The zero-order valence-electron chi connectivity index (χ0n) is 16.6. The number of nitrogens with zero attached hydrogens (tertiary/aromatic N) is 2. The largest absolute Gasteiger partial charge is 0.466 e. The molecule has 0 N–H and O–H groups in total. The summed E-state index contributed by atoms with van der Waals surface area (Å²) in [5.74, 6) is 1.16. The van der Waals surface area contributed by atoms with Gasteiger partial charge in [-0.2, -0.15) is 0 Å². The molecular formula is C20H34N2O4. The summed E-state index contributed by atoms with van der Waals surface area (Å²) in [4.78, 5) is 28.6. The lowest BCUT2D eigenvalue weighted by Crippen LogP contribution is -2.52. The van der Waals surface area contributed by atoms with E-state index in [9.17, 15) is 9.59 Å². The molecule has 6 nitrogen and oxygen atoms in total. The van der Waals surface area contributed by atoms with Gasteiger partial charge in [0.05, 0.1) is 19.1 Å². The van der Waals surface area contributed by atoms with Crippen LogP contribution in [-0.4, -0.2) is 66.3 Å².